The molecule has 2 fully saturated rings. The molecule has 4 rings (SSSR count). The fourth-order valence-corrected chi connectivity index (χ4v) is 5.68. The molecule has 0 radical (unpaired) electrons. The number of likely N-dealkylation sites (N-methyl/N-ethyl adjacent to an activating group) is 1. The van der Waals surface area contributed by atoms with Crippen LogP contribution in [0.2, 0.25) is 10.0 Å². The second-order valence-electron chi connectivity index (χ2n) is 9.46. The molecule has 1 unspecified atom stereocenters. The van der Waals surface area contributed by atoms with Crippen molar-refractivity contribution >= 4 is 41.1 Å². The van der Waals surface area contributed by atoms with Gasteiger partial charge in [0, 0.05) is 50.9 Å². The molecule has 1 saturated carbocycles. The topological polar surface area (TPSA) is 82.2 Å². The van der Waals surface area contributed by atoms with Gasteiger partial charge >= 0.3 is 12.0 Å². The van der Waals surface area contributed by atoms with Crippen LogP contribution in [0.4, 0.5) is 4.79 Å². The third kappa shape index (κ3) is 5.66. The minimum Gasteiger partial charge on any atom is -0.463 e. The zero-order valence-electron chi connectivity index (χ0n) is 20.9. The first-order valence-corrected chi connectivity index (χ1v) is 13.5. The lowest BCUT2D eigenvalue weighted by Gasteiger charge is -2.40. The van der Waals surface area contributed by atoms with Gasteiger partial charge in [-0.15, -0.1) is 0 Å². The van der Waals surface area contributed by atoms with Gasteiger partial charge in [-0.05, 0) is 44.4 Å². The molecule has 196 valence electrons. The van der Waals surface area contributed by atoms with Gasteiger partial charge in [-0.3, -0.25) is 14.6 Å². The minimum absolute atomic E-state index is 0.166. The van der Waals surface area contributed by atoms with Crippen LogP contribution in [0.25, 0.3) is 0 Å². The summed E-state index contributed by atoms with van der Waals surface area (Å²) in [5.41, 5.74) is 1.66. The van der Waals surface area contributed by atoms with Crippen molar-refractivity contribution in [3.8, 4) is 0 Å². The smallest absolute Gasteiger partial charge is 0.338 e. The first-order valence-electron chi connectivity index (χ1n) is 12.8. The molecule has 0 bridgehead atoms. The summed E-state index contributed by atoms with van der Waals surface area (Å²) in [5, 5.41) is 3.68. The molecule has 1 saturated heterocycles. The van der Waals surface area contributed by atoms with Gasteiger partial charge in [0.05, 0.1) is 28.3 Å². The number of amides is 3. The first-order chi connectivity index (χ1) is 17.3. The Hall–Kier alpha value is -2.29. The van der Waals surface area contributed by atoms with Crippen LogP contribution < -0.4 is 5.32 Å². The third-order valence-corrected chi connectivity index (χ3v) is 8.03. The molecule has 8 nitrogen and oxygen atoms in total. The fourth-order valence-electron chi connectivity index (χ4n) is 5.37. The van der Waals surface area contributed by atoms with Gasteiger partial charge in [-0.25, -0.2) is 9.59 Å². The normalized spacial score (nSPS) is 21.7. The molecule has 2 heterocycles. The minimum atomic E-state index is -0.714. The number of hydrogen-bond donors (Lipinski definition) is 1. The number of esters is 1. The lowest BCUT2D eigenvalue weighted by molar-refractivity contribution is -0.139. The molecule has 1 atom stereocenters. The van der Waals surface area contributed by atoms with Crippen molar-refractivity contribution in [1.29, 1.82) is 0 Å². The summed E-state index contributed by atoms with van der Waals surface area (Å²) in [7, 11) is 0. The molecule has 3 aliphatic rings. The Labute approximate surface area is 222 Å². The number of carbonyl (C=O) groups excluding carboxylic acids is 3. The van der Waals surface area contributed by atoms with Gasteiger partial charge in [0.25, 0.3) is 0 Å². The van der Waals surface area contributed by atoms with Crippen LogP contribution >= 0.6 is 23.2 Å². The Balaban J connectivity index is 1.60. The number of nitrogens with zero attached hydrogens (tertiary/aromatic N) is 3. The van der Waals surface area contributed by atoms with E-state index in [4.69, 9.17) is 27.9 Å². The molecule has 0 spiro atoms. The van der Waals surface area contributed by atoms with Crippen LogP contribution in [0.3, 0.4) is 0 Å². The number of benzene rings is 1. The fraction of sp³-hybridized carbons (Fsp3) is 0.577. The highest BCUT2D eigenvalue weighted by Gasteiger charge is 2.39. The standard InChI is InChI=1S/C26H34Cl2N4O4/c1-3-32-21(16-30-11-13-31(14-12-30)24(33)17-7-5-6-8-17)22(25(34)36-4-2)23(29-26(32)35)18-9-10-19(27)20(28)15-18/h9-10,15,17,23H,3-8,11-14,16H2,1-2H3,(H,29,35). The quantitative estimate of drug-likeness (QED) is 0.527. The number of urea groups is 1. The summed E-state index contributed by atoms with van der Waals surface area (Å²) >= 11 is 12.4. The highest BCUT2D eigenvalue weighted by atomic mass is 35.5. The monoisotopic (exact) mass is 536 g/mol. The average molecular weight is 537 g/mol. The van der Waals surface area contributed by atoms with Crippen molar-refractivity contribution in [2.24, 2.45) is 5.92 Å². The van der Waals surface area contributed by atoms with Crippen molar-refractivity contribution in [3.05, 3.63) is 45.1 Å². The van der Waals surface area contributed by atoms with Crippen LogP contribution in [0.1, 0.15) is 51.1 Å². The molecule has 10 heteroatoms. The molecule has 1 aromatic rings. The number of carbonyl (C=O) groups is 3. The summed E-state index contributed by atoms with van der Waals surface area (Å²) in [6.07, 6.45) is 4.25. The van der Waals surface area contributed by atoms with Gasteiger partial charge in [0.2, 0.25) is 5.91 Å². The first kappa shape index (κ1) is 26.8. The van der Waals surface area contributed by atoms with Crippen molar-refractivity contribution < 1.29 is 19.1 Å². The van der Waals surface area contributed by atoms with E-state index in [9.17, 15) is 14.4 Å². The summed E-state index contributed by atoms with van der Waals surface area (Å²) in [6, 6.07) is 4.08. The largest absolute Gasteiger partial charge is 0.463 e. The van der Waals surface area contributed by atoms with Crippen LogP contribution in [0.5, 0.6) is 0 Å². The number of halogens is 2. The summed E-state index contributed by atoms with van der Waals surface area (Å²) < 4.78 is 5.43. The maximum atomic E-state index is 13.3. The predicted octanol–water partition coefficient (Wildman–Crippen LogP) is 4.23. The molecule has 0 aromatic heterocycles. The Morgan fingerprint density at radius 3 is 2.36 bits per heavy atom. The summed E-state index contributed by atoms with van der Waals surface area (Å²) in [6.45, 7) is 7.29. The number of nitrogens with one attached hydrogen (secondary N) is 1. The SMILES string of the molecule is CCOC(=O)C1=C(CN2CCN(C(=O)C3CCCC3)CC2)N(CC)C(=O)NC1c1ccc(Cl)c(Cl)c1. The Morgan fingerprint density at radius 2 is 1.75 bits per heavy atom. The lowest BCUT2D eigenvalue weighted by atomic mass is 9.94. The molecular formula is C26H34Cl2N4O4. The van der Waals surface area contributed by atoms with E-state index in [0.29, 0.717) is 66.1 Å². The summed E-state index contributed by atoms with van der Waals surface area (Å²) in [4.78, 5) is 45.0. The van der Waals surface area contributed by atoms with E-state index in [1.165, 1.54) is 0 Å². The summed E-state index contributed by atoms with van der Waals surface area (Å²) in [5.74, 6) is -0.0400. The highest BCUT2D eigenvalue weighted by molar-refractivity contribution is 6.42. The molecule has 1 N–H and O–H groups in total. The van der Waals surface area contributed by atoms with Crippen molar-refractivity contribution in [2.75, 3.05) is 45.9 Å². The Kier molecular flexibility index (Phi) is 8.80. The van der Waals surface area contributed by atoms with Gasteiger partial charge < -0.3 is 15.0 Å². The van der Waals surface area contributed by atoms with Crippen LogP contribution in [-0.4, -0.2) is 78.5 Å². The molecular weight excluding hydrogens is 503 g/mol. The van der Waals surface area contributed by atoms with E-state index < -0.39 is 12.0 Å². The van der Waals surface area contributed by atoms with E-state index in [2.05, 4.69) is 10.2 Å². The van der Waals surface area contributed by atoms with E-state index in [1.54, 1.807) is 30.0 Å². The molecule has 1 aliphatic carbocycles. The Bertz CT molecular complexity index is 1030. The zero-order valence-corrected chi connectivity index (χ0v) is 22.4. The van der Waals surface area contributed by atoms with Gasteiger partial charge in [0.15, 0.2) is 0 Å². The molecule has 2 aliphatic heterocycles. The molecule has 1 aromatic carbocycles. The van der Waals surface area contributed by atoms with Gasteiger partial charge in [-0.2, -0.15) is 0 Å². The van der Waals surface area contributed by atoms with E-state index in [-0.39, 0.29) is 24.5 Å². The molecule has 36 heavy (non-hydrogen) atoms. The number of ether oxygens (including phenoxy) is 1. The van der Waals surface area contributed by atoms with E-state index in [1.807, 2.05) is 11.8 Å². The maximum absolute atomic E-state index is 13.3. The zero-order chi connectivity index (χ0) is 25.8. The second-order valence-corrected chi connectivity index (χ2v) is 10.3. The van der Waals surface area contributed by atoms with Crippen LogP contribution in [-0.2, 0) is 14.3 Å². The number of rotatable bonds is 7. The third-order valence-electron chi connectivity index (χ3n) is 7.29. The predicted molar refractivity (Wildman–Crippen MR) is 139 cm³/mol. The van der Waals surface area contributed by atoms with Crippen LogP contribution in [0.15, 0.2) is 29.5 Å². The number of hydrogen-bond acceptors (Lipinski definition) is 5. The lowest BCUT2D eigenvalue weighted by Crippen LogP contribution is -2.54. The van der Waals surface area contributed by atoms with Gasteiger partial charge in [-0.1, -0.05) is 42.1 Å². The maximum Gasteiger partial charge on any atom is 0.338 e. The highest BCUT2D eigenvalue weighted by Crippen LogP contribution is 2.35. The second kappa shape index (κ2) is 11.8. The van der Waals surface area contributed by atoms with Crippen molar-refractivity contribution in [2.45, 2.75) is 45.6 Å². The van der Waals surface area contributed by atoms with Crippen molar-refractivity contribution in [1.82, 2.24) is 20.0 Å². The average Bonchev–Trinajstić information content (AvgIpc) is 3.41. The van der Waals surface area contributed by atoms with Crippen molar-refractivity contribution in [3.63, 3.8) is 0 Å². The Morgan fingerprint density at radius 1 is 1.06 bits per heavy atom. The van der Waals surface area contributed by atoms with Crippen LogP contribution in [0, 0.1) is 5.92 Å². The van der Waals surface area contributed by atoms with E-state index >= 15 is 0 Å². The van der Waals surface area contributed by atoms with E-state index in [0.717, 1.165) is 25.7 Å². The van der Waals surface area contributed by atoms with Gasteiger partial charge in [0.1, 0.15) is 0 Å². The molecule has 3 amide bonds. The number of piperazine rings is 1.